The molecule has 6 unspecified atom stereocenters. The van der Waals surface area contributed by atoms with Gasteiger partial charge in [0.05, 0.1) is 23.0 Å². The largest absolute Gasteiger partial charge is 0.391 e. The van der Waals surface area contributed by atoms with Gasteiger partial charge >= 0.3 is 6.18 Å². The molecule has 2 heterocycles. The minimum Gasteiger partial charge on any atom is -0.380 e. The molecular weight excluding hydrogens is 485 g/mol. The van der Waals surface area contributed by atoms with Gasteiger partial charge in [-0.3, -0.25) is 4.79 Å². The van der Waals surface area contributed by atoms with Crippen molar-refractivity contribution >= 4 is 15.9 Å². The summed E-state index contributed by atoms with van der Waals surface area (Å²) in [5, 5.41) is 9.64. The van der Waals surface area contributed by atoms with Gasteiger partial charge in [-0.2, -0.15) is 13.2 Å². The first-order valence-electron chi connectivity index (χ1n) is 12.0. The molecule has 6 atom stereocenters. The first-order valence-corrected chi connectivity index (χ1v) is 13.5. The predicted octanol–water partition coefficient (Wildman–Crippen LogP) is 1.67. The maximum absolute atomic E-state index is 13.2. The second kappa shape index (κ2) is 10.7. The number of benzene rings is 1. The Hall–Kier alpha value is -1.73. The molecule has 35 heavy (non-hydrogen) atoms. The molecule has 0 spiro atoms. The lowest BCUT2D eigenvalue weighted by atomic mass is 9.84. The van der Waals surface area contributed by atoms with Crippen LogP contribution in [-0.4, -0.2) is 64.9 Å². The molecule has 3 aliphatic rings. The number of piperidine rings is 1. The Kier molecular flexibility index (Phi) is 8.06. The van der Waals surface area contributed by atoms with Crippen molar-refractivity contribution in [3.63, 3.8) is 0 Å². The SMILES string of the molecule is COC1CCC(C(F)(F)F)CC1NS(=O)(=O)c1ccc(CNC(=O)C2CC3CNCCC3N2)cc1. The van der Waals surface area contributed by atoms with Crippen LogP contribution in [0.1, 0.15) is 37.7 Å². The van der Waals surface area contributed by atoms with E-state index in [0.717, 1.165) is 31.5 Å². The van der Waals surface area contributed by atoms with Gasteiger partial charge in [-0.05, 0) is 68.8 Å². The first kappa shape index (κ1) is 26.3. The van der Waals surface area contributed by atoms with E-state index >= 15 is 0 Å². The summed E-state index contributed by atoms with van der Waals surface area (Å²) >= 11 is 0. The van der Waals surface area contributed by atoms with Crippen LogP contribution >= 0.6 is 0 Å². The van der Waals surface area contributed by atoms with Crippen LogP contribution < -0.4 is 20.7 Å². The Balaban J connectivity index is 1.33. The van der Waals surface area contributed by atoms with Crippen molar-refractivity contribution in [3.8, 4) is 0 Å². The molecule has 1 aliphatic carbocycles. The topological polar surface area (TPSA) is 109 Å². The Morgan fingerprint density at radius 2 is 1.89 bits per heavy atom. The van der Waals surface area contributed by atoms with Crippen LogP contribution in [0.2, 0.25) is 0 Å². The summed E-state index contributed by atoms with van der Waals surface area (Å²) in [5.41, 5.74) is 0.721. The van der Waals surface area contributed by atoms with Crippen molar-refractivity contribution in [3.05, 3.63) is 29.8 Å². The van der Waals surface area contributed by atoms with Gasteiger partial charge in [0.2, 0.25) is 15.9 Å². The Labute approximate surface area is 203 Å². The van der Waals surface area contributed by atoms with E-state index in [4.69, 9.17) is 4.74 Å². The van der Waals surface area contributed by atoms with Crippen LogP contribution in [0.3, 0.4) is 0 Å². The van der Waals surface area contributed by atoms with Gasteiger partial charge in [0.1, 0.15) is 0 Å². The normalized spacial score (nSPS) is 31.7. The van der Waals surface area contributed by atoms with E-state index in [9.17, 15) is 26.4 Å². The van der Waals surface area contributed by atoms with E-state index in [0.29, 0.717) is 12.0 Å². The third-order valence-corrected chi connectivity index (χ3v) is 8.94. The minimum absolute atomic E-state index is 0.0504. The number of carbonyl (C=O) groups is 1. The van der Waals surface area contributed by atoms with Gasteiger partial charge in [0, 0.05) is 25.7 Å². The number of hydrogen-bond acceptors (Lipinski definition) is 6. The van der Waals surface area contributed by atoms with Gasteiger partial charge < -0.3 is 20.7 Å². The molecule has 0 bridgehead atoms. The lowest BCUT2D eigenvalue weighted by molar-refractivity contribution is -0.189. The summed E-state index contributed by atoms with van der Waals surface area (Å²) in [6.45, 7) is 2.11. The van der Waals surface area contributed by atoms with E-state index in [-0.39, 0.29) is 42.7 Å². The molecular formula is C23H33F3N4O4S. The van der Waals surface area contributed by atoms with Crippen LogP contribution in [-0.2, 0) is 26.1 Å². The minimum atomic E-state index is -4.38. The molecule has 0 aromatic heterocycles. The number of alkyl halides is 3. The Bertz CT molecular complexity index is 975. The molecule has 3 fully saturated rings. The van der Waals surface area contributed by atoms with Crippen LogP contribution in [0.4, 0.5) is 13.2 Å². The van der Waals surface area contributed by atoms with Gasteiger partial charge in [0.15, 0.2) is 0 Å². The molecule has 1 saturated carbocycles. The molecule has 1 aromatic carbocycles. The van der Waals surface area contributed by atoms with Crippen LogP contribution in [0.25, 0.3) is 0 Å². The van der Waals surface area contributed by atoms with Crippen LogP contribution in [0.15, 0.2) is 29.2 Å². The number of nitrogens with one attached hydrogen (secondary N) is 4. The number of amides is 1. The van der Waals surface area contributed by atoms with E-state index < -0.39 is 34.3 Å². The van der Waals surface area contributed by atoms with Crippen molar-refractivity contribution in [1.82, 2.24) is 20.7 Å². The van der Waals surface area contributed by atoms with E-state index in [1.165, 1.54) is 19.2 Å². The predicted molar refractivity (Wildman–Crippen MR) is 123 cm³/mol. The van der Waals surface area contributed by atoms with Gasteiger partial charge in [0.25, 0.3) is 0 Å². The fourth-order valence-corrected chi connectivity index (χ4v) is 6.69. The highest BCUT2D eigenvalue weighted by Gasteiger charge is 2.46. The number of fused-ring (bicyclic) bond motifs is 1. The fourth-order valence-electron chi connectivity index (χ4n) is 5.41. The van der Waals surface area contributed by atoms with E-state index in [1.807, 2.05) is 0 Å². The van der Waals surface area contributed by atoms with Gasteiger partial charge in [-0.1, -0.05) is 12.1 Å². The monoisotopic (exact) mass is 518 g/mol. The zero-order chi connectivity index (χ0) is 25.2. The third-order valence-electron chi connectivity index (χ3n) is 7.44. The molecule has 196 valence electrons. The third kappa shape index (κ3) is 6.34. The second-order valence-electron chi connectivity index (χ2n) is 9.73. The highest BCUT2D eigenvalue weighted by molar-refractivity contribution is 7.89. The zero-order valence-electron chi connectivity index (χ0n) is 19.6. The number of carbonyl (C=O) groups excluding carboxylic acids is 1. The summed E-state index contributed by atoms with van der Waals surface area (Å²) in [5.74, 6) is -1.20. The molecule has 1 aromatic rings. The smallest absolute Gasteiger partial charge is 0.380 e. The quantitative estimate of drug-likeness (QED) is 0.438. The highest BCUT2D eigenvalue weighted by atomic mass is 32.2. The number of sulfonamides is 1. The van der Waals surface area contributed by atoms with Crippen molar-refractivity contribution in [2.45, 2.75) is 74.0 Å². The summed E-state index contributed by atoms with van der Waals surface area (Å²) in [6.07, 6.45) is -3.54. The highest BCUT2D eigenvalue weighted by Crippen LogP contribution is 2.38. The molecule has 8 nitrogen and oxygen atoms in total. The maximum atomic E-state index is 13.2. The van der Waals surface area contributed by atoms with E-state index in [1.54, 1.807) is 12.1 Å². The summed E-state index contributed by atoms with van der Waals surface area (Å²) < 4.78 is 73.0. The summed E-state index contributed by atoms with van der Waals surface area (Å²) in [7, 11) is -2.68. The average Bonchev–Trinajstić information content (AvgIpc) is 3.26. The molecule has 0 radical (unpaired) electrons. The van der Waals surface area contributed by atoms with Crippen molar-refractivity contribution < 1.29 is 31.1 Å². The van der Waals surface area contributed by atoms with Gasteiger partial charge in [-0.25, -0.2) is 13.1 Å². The number of ether oxygens (including phenoxy) is 1. The lowest BCUT2D eigenvalue weighted by Gasteiger charge is -2.36. The van der Waals surface area contributed by atoms with Crippen molar-refractivity contribution in [2.24, 2.45) is 11.8 Å². The van der Waals surface area contributed by atoms with Gasteiger partial charge in [-0.15, -0.1) is 0 Å². The number of hydrogen-bond donors (Lipinski definition) is 4. The second-order valence-corrected chi connectivity index (χ2v) is 11.4. The standard InChI is InChI=1S/C23H33F3N4O4S/c1-34-21-7-4-16(23(24,25)26)11-19(21)30-35(32,33)17-5-2-14(3-6-17)12-28-22(31)20-10-15-13-27-9-8-18(15)29-20/h2-3,5-6,15-16,18-21,27,29-30H,4,7-13H2,1H3,(H,28,31). The van der Waals surface area contributed by atoms with Crippen molar-refractivity contribution in [2.75, 3.05) is 20.2 Å². The lowest BCUT2D eigenvalue weighted by Crippen LogP contribution is -2.49. The Morgan fingerprint density at radius 3 is 2.54 bits per heavy atom. The molecule has 2 aliphatic heterocycles. The number of halogens is 3. The Morgan fingerprint density at radius 1 is 1.14 bits per heavy atom. The number of methoxy groups -OCH3 is 1. The molecule has 4 N–H and O–H groups in total. The van der Waals surface area contributed by atoms with E-state index in [2.05, 4.69) is 20.7 Å². The molecule has 12 heteroatoms. The van der Waals surface area contributed by atoms with Crippen LogP contribution in [0.5, 0.6) is 0 Å². The fraction of sp³-hybridized carbons (Fsp3) is 0.696. The molecule has 1 amide bonds. The maximum Gasteiger partial charge on any atom is 0.391 e. The molecule has 4 rings (SSSR count). The summed E-state index contributed by atoms with van der Waals surface area (Å²) in [6, 6.07) is 5.12. The van der Waals surface area contributed by atoms with Crippen LogP contribution in [0, 0.1) is 11.8 Å². The summed E-state index contributed by atoms with van der Waals surface area (Å²) in [4.78, 5) is 12.5. The molecule has 2 saturated heterocycles. The first-order chi connectivity index (χ1) is 16.6. The number of rotatable bonds is 7. The zero-order valence-corrected chi connectivity index (χ0v) is 20.4. The van der Waals surface area contributed by atoms with Crippen molar-refractivity contribution in [1.29, 1.82) is 0 Å². The average molecular weight is 519 g/mol.